The van der Waals surface area contributed by atoms with Gasteiger partial charge in [-0.1, -0.05) is 24.3 Å². The zero-order chi connectivity index (χ0) is 14.9. The molecule has 0 saturated carbocycles. The van der Waals surface area contributed by atoms with Crippen LogP contribution in [0.5, 0.6) is 0 Å². The molecule has 0 fully saturated rings. The van der Waals surface area contributed by atoms with E-state index in [9.17, 15) is 4.79 Å². The van der Waals surface area contributed by atoms with Gasteiger partial charge in [0, 0.05) is 19.7 Å². The molecule has 2 rings (SSSR count). The van der Waals surface area contributed by atoms with E-state index in [1.54, 1.807) is 19.0 Å². The summed E-state index contributed by atoms with van der Waals surface area (Å²) in [5.74, 6) is 0.0350. The van der Waals surface area contributed by atoms with Gasteiger partial charge < -0.3 is 4.90 Å². The first kappa shape index (κ1) is 14.3. The van der Waals surface area contributed by atoms with Crippen molar-refractivity contribution in [1.29, 1.82) is 0 Å². The number of carbonyl (C=O) groups excluding carboxylic acids is 1. The van der Waals surface area contributed by atoms with E-state index < -0.39 is 0 Å². The van der Waals surface area contributed by atoms with Crippen molar-refractivity contribution < 1.29 is 4.79 Å². The maximum Gasteiger partial charge on any atom is 0.253 e. The molecule has 0 aliphatic heterocycles. The van der Waals surface area contributed by atoms with E-state index in [-0.39, 0.29) is 5.91 Å². The number of amides is 1. The maximum atomic E-state index is 11.9. The van der Waals surface area contributed by atoms with Gasteiger partial charge in [0.2, 0.25) is 0 Å². The largest absolute Gasteiger partial charge is 0.345 e. The molecule has 0 radical (unpaired) electrons. The fourth-order valence-corrected chi connectivity index (χ4v) is 2.27. The molecule has 104 valence electrons. The van der Waals surface area contributed by atoms with E-state index in [1.165, 1.54) is 22.3 Å². The summed E-state index contributed by atoms with van der Waals surface area (Å²) >= 11 is 0. The minimum Gasteiger partial charge on any atom is -0.345 e. The van der Waals surface area contributed by atoms with Crippen LogP contribution in [0.2, 0.25) is 0 Å². The Kier molecular flexibility index (Phi) is 3.93. The maximum absolute atomic E-state index is 11.9. The van der Waals surface area contributed by atoms with E-state index in [4.69, 9.17) is 0 Å². The first-order valence-corrected chi connectivity index (χ1v) is 6.80. The fourth-order valence-electron chi connectivity index (χ4n) is 2.27. The van der Waals surface area contributed by atoms with Crippen molar-refractivity contribution in [2.24, 2.45) is 0 Å². The van der Waals surface area contributed by atoms with Crippen molar-refractivity contribution in [2.45, 2.75) is 20.8 Å². The predicted octanol–water partition coefficient (Wildman–Crippen LogP) is 3.98. The minimum absolute atomic E-state index is 0.0350. The van der Waals surface area contributed by atoms with Gasteiger partial charge in [-0.2, -0.15) is 0 Å². The second kappa shape index (κ2) is 5.49. The van der Waals surface area contributed by atoms with E-state index in [0.29, 0.717) is 0 Å². The Bertz CT molecular complexity index is 616. The summed E-state index contributed by atoms with van der Waals surface area (Å²) < 4.78 is 0. The van der Waals surface area contributed by atoms with Crippen LogP contribution in [0.3, 0.4) is 0 Å². The lowest BCUT2D eigenvalue weighted by Gasteiger charge is -2.12. The Morgan fingerprint density at radius 2 is 1.35 bits per heavy atom. The second-order valence-corrected chi connectivity index (χ2v) is 5.51. The monoisotopic (exact) mass is 267 g/mol. The summed E-state index contributed by atoms with van der Waals surface area (Å²) in [6.07, 6.45) is 0. The van der Waals surface area contributed by atoms with Gasteiger partial charge in [0.25, 0.3) is 5.91 Å². The Labute approximate surface area is 121 Å². The highest BCUT2D eigenvalue weighted by atomic mass is 16.2. The topological polar surface area (TPSA) is 20.3 Å². The number of nitrogens with zero attached hydrogens (tertiary/aromatic N) is 1. The summed E-state index contributed by atoms with van der Waals surface area (Å²) in [4.78, 5) is 13.5. The van der Waals surface area contributed by atoms with Gasteiger partial charge in [0.05, 0.1) is 0 Å². The van der Waals surface area contributed by atoms with Crippen LogP contribution < -0.4 is 0 Å². The highest BCUT2D eigenvalue weighted by molar-refractivity contribution is 5.94. The molecule has 0 atom stereocenters. The standard InChI is InChI=1S/C18H21NO/c1-12-10-17(11-13(2)14(12)3)15-6-8-16(9-7-15)18(20)19(4)5/h6-11H,1-5H3. The van der Waals surface area contributed by atoms with Gasteiger partial charge in [-0.3, -0.25) is 4.79 Å². The third kappa shape index (κ3) is 2.74. The van der Waals surface area contributed by atoms with Crippen LogP contribution in [-0.4, -0.2) is 24.9 Å². The quantitative estimate of drug-likeness (QED) is 0.806. The molecule has 2 nitrogen and oxygen atoms in total. The Morgan fingerprint density at radius 3 is 1.80 bits per heavy atom. The van der Waals surface area contributed by atoms with E-state index >= 15 is 0 Å². The lowest BCUT2D eigenvalue weighted by Crippen LogP contribution is -2.21. The van der Waals surface area contributed by atoms with Crippen LogP contribution in [0, 0.1) is 20.8 Å². The van der Waals surface area contributed by atoms with Crippen molar-refractivity contribution >= 4 is 5.91 Å². The molecule has 0 bridgehead atoms. The normalized spacial score (nSPS) is 10.4. The summed E-state index contributed by atoms with van der Waals surface area (Å²) in [5.41, 5.74) is 7.01. The minimum atomic E-state index is 0.0350. The van der Waals surface area contributed by atoms with Crippen molar-refractivity contribution in [3.63, 3.8) is 0 Å². The van der Waals surface area contributed by atoms with Crippen molar-refractivity contribution in [1.82, 2.24) is 4.90 Å². The smallest absolute Gasteiger partial charge is 0.253 e. The zero-order valence-electron chi connectivity index (χ0n) is 12.8. The van der Waals surface area contributed by atoms with Crippen molar-refractivity contribution in [3.05, 3.63) is 58.7 Å². The summed E-state index contributed by atoms with van der Waals surface area (Å²) in [6.45, 7) is 6.42. The first-order chi connectivity index (χ1) is 9.40. The SMILES string of the molecule is Cc1cc(-c2ccc(C(=O)N(C)C)cc2)cc(C)c1C. The zero-order valence-corrected chi connectivity index (χ0v) is 12.8. The molecular weight excluding hydrogens is 246 g/mol. The van der Waals surface area contributed by atoms with Crippen molar-refractivity contribution in [2.75, 3.05) is 14.1 Å². The van der Waals surface area contributed by atoms with Crippen LogP contribution in [0.25, 0.3) is 11.1 Å². The van der Waals surface area contributed by atoms with Crippen LogP contribution >= 0.6 is 0 Å². The molecule has 1 amide bonds. The van der Waals surface area contributed by atoms with Gasteiger partial charge >= 0.3 is 0 Å². The third-order valence-corrected chi connectivity index (χ3v) is 3.80. The van der Waals surface area contributed by atoms with E-state index in [2.05, 4.69) is 32.9 Å². The fraction of sp³-hybridized carbons (Fsp3) is 0.278. The summed E-state index contributed by atoms with van der Waals surface area (Å²) in [7, 11) is 3.53. The molecule has 20 heavy (non-hydrogen) atoms. The second-order valence-electron chi connectivity index (χ2n) is 5.51. The van der Waals surface area contributed by atoms with Crippen molar-refractivity contribution in [3.8, 4) is 11.1 Å². The predicted molar refractivity (Wildman–Crippen MR) is 84.1 cm³/mol. The van der Waals surface area contributed by atoms with E-state index in [0.717, 1.165) is 11.1 Å². The Balaban J connectivity index is 2.38. The molecular formula is C18H21NO. The third-order valence-electron chi connectivity index (χ3n) is 3.80. The van der Waals surface area contributed by atoms with Crippen LogP contribution in [-0.2, 0) is 0 Å². The van der Waals surface area contributed by atoms with Crippen LogP contribution in [0.1, 0.15) is 27.0 Å². The number of aryl methyl sites for hydroxylation is 2. The molecule has 0 N–H and O–H groups in total. The van der Waals surface area contributed by atoms with Crippen LogP contribution in [0.15, 0.2) is 36.4 Å². The van der Waals surface area contributed by atoms with Crippen LogP contribution in [0.4, 0.5) is 0 Å². The lowest BCUT2D eigenvalue weighted by molar-refractivity contribution is 0.0827. The number of hydrogen-bond acceptors (Lipinski definition) is 1. The average molecular weight is 267 g/mol. The Hall–Kier alpha value is -2.09. The van der Waals surface area contributed by atoms with Gasteiger partial charge in [0.1, 0.15) is 0 Å². The number of rotatable bonds is 2. The molecule has 0 unspecified atom stereocenters. The molecule has 0 aliphatic carbocycles. The van der Waals surface area contributed by atoms with Gasteiger partial charge in [-0.25, -0.2) is 0 Å². The number of benzene rings is 2. The lowest BCUT2D eigenvalue weighted by atomic mass is 9.96. The summed E-state index contributed by atoms with van der Waals surface area (Å²) in [5, 5.41) is 0. The highest BCUT2D eigenvalue weighted by Crippen LogP contribution is 2.25. The number of carbonyl (C=O) groups is 1. The van der Waals surface area contributed by atoms with Gasteiger partial charge in [-0.05, 0) is 60.7 Å². The molecule has 0 saturated heterocycles. The number of hydrogen-bond donors (Lipinski definition) is 0. The van der Waals surface area contributed by atoms with Gasteiger partial charge in [-0.15, -0.1) is 0 Å². The molecule has 0 heterocycles. The molecule has 2 heteroatoms. The average Bonchev–Trinajstić information content (AvgIpc) is 2.43. The summed E-state index contributed by atoms with van der Waals surface area (Å²) in [6, 6.07) is 12.2. The molecule has 2 aromatic rings. The van der Waals surface area contributed by atoms with E-state index in [1.807, 2.05) is 24.3 Å². The van der Waals surface area contributed by atoms with Gasteiger partial charge in [0.15, 0.2) is 0 Å². The molecule has 0 spiro atoms. The Morgan fingerprint density at radius 1 is 0.850 bits per heavy atom. The highest BCUT2D eigenvalue weighted by Gasteiger charge is 2.08. The molecule has 0 aromatic heterocycles. The first-order valence-electron chi connectivity index (χ1n) is 6.80. The molecule has 2 aromatic carbocycles. The molecule has 0 aliphatic rings.